The molecule has 7 nitrogen and oxygen atoms in total. The van der Waals surface area contributed by atoms with Gasteiger partial charge in [-0.3, -0.25) is 4.79 Å². The number of carboxylic acids is 1. The second-order valence-corrected chi connectivity index (χ2v) is 17.1. The van der Waals surface area contributed by atoms with E-state index in [0.29, 0.717) is 52.8 Å². The van der Waals surface area contributed by atoms with Crippen molar-refractivity contribution in [3.8, 4) is 0 Å². The zero-order valence-corrected chi connectivity index (χ0v) is 37.3. The summed E-state index contributed by atoms with van der Waals surface area (Å²) in [5, 5.41) is 8.64. The zero-order chi connectivity index (χ0) is 42.4. The van der Waals surface area contributed by atoms with E-state index in [1.165, 1.54) is 72.0 Å². The number of ether oxygens (including phenoxy) is 4. The normalized spacial score (nSPS) is 18.3. The molecular formula is C51H74NO6+. The molecule has 2 aliphatic rings. The lowest BCUT2D eigenvalue weighted by Gasteiger charge is -2.33. The van der Waals surface area contributed by atoms with Gasteiger partial charge in [0, 0.05) is 18.2 Å². The van der Waals surface area contributed by atoms with Crippen LogP contribution in [0.15, 0.2) is 112 Å². The summed E-state index contributed by atoms with van der Waals surface area (Å²) in [5.41, 5.74) is 12.3. The van der Waals surface area contributed by atoms with E-state index in [-0.39, 0.29) is 23.9 Å². The third-order valence-corrected chi connectivity index (χ3v) is 11.0. The molecule has 3 rings (SSSR count). The molecule has 58 heavy (non-hydrogen) atoms. The number of aromatic nitrogens is 1. The maximum atomic E-state index is 10.5. The van der Waals surface area contributed by atoms with Crippen LogP contribution in [0.1, 0.15) is 119 Å². The van der Waals surface area contributed by atoms with Crippen LogP contribution >= 0.6 is 0 Å². The lowest BCUT2D eigenvalue weighted by Crippen LogP contribution is -2.39. The largest absolute Gasteiger partial charge is 0.481 e. The van der Waals surface area contributed by atoms with Crippen LogP contribution in [0.3, 0.4) is 0 Å². The van der Waals surface area contributed by atoms with Crippen LogP contribution in [-0.2, 0) is 30.3 Å². The molecule has 7 heteroatoms. The minimum Gasteiger partial charge on any atom is -0.481 e. The van der Waals surface area contributed by atoms with E-state index in [1.54, 1.807) is 0 Å². The Balaban J connectivity index is 1.63. The van der Waals surface area contributed by atoms with E-state index in [4.69, 9.17) is 24.1 Å². The first-order chi connectivity index (χ1) is 27.7. The molecule has 0 atom stereocenters. The molecule has 2 aliphatic carbocycles. The Morgan fingerprint density at radius 1 is 0.690 bits per heavy atom. The molecule has 1 N–H and O–H groups in total. The van der Waals surface area contributed by atoms with E-state index < -0.39 is 5.97 Å². The third-order valence-electron chi connectivity index (χ3n) is 11.0. The van der Waals surface area contributed by atoms with E-state index >= 15 is 0 Å². The zero-order valence-electron chi connectivity index (χ0n) is 37.3. The number of hydrogen-bond donors (Lipinski definition) is 1. The van der Waals surface area contributed by atoms with Gasteiger partial charge in [0.25, 0.3) is 0 Å². The van der Waals surface area contributed by atoms with Crippen LogP contribution < -0.4 is 4.57 Å². The summed E-state index contributed by atoms with van der Waals surface area (Å²) in [6, 6.07) is 4.39. The number of rotatable bonds is 24. The molecule has 0 amide bonds. The fraction of sp³-hybridized carbons (Fsp3) is 0.529. The molecule has 0 aliphatic heterocycles. The van der Waals surface area contributed by atoms with Gasteiger partial charge in [0.05, 0.1) is 52.7 Å². The van der Waals surface area contributed by atoms with Gasteiger partial charge in [-0.05, 0) is 106 Å². The first kappa shape index (κ1) is 48.5. The second-order valence-electron chi connectivity index (χ2n) is 17.1. The molecule has 318 valence electrons. The Kier molecular flexibility index (Phi) is 21.4. The molecule has 1 aromatic rings. The van der Waals surface area contributed by atoms with E-state index in [1.807, 2.05) is 0 Å². The van der Waals surface area contributed by atoms with Gasteiger partial charge in [0.2, 0.25) is 5.69 Å². The van der Waals surface area contributed by atoms with Crippen molar-refractivity contribution in [3.63, 3.8) is 0 Å². The van der Waals surface area contributed by atoms with Crippen molar-refractivity contribution < 1.29 is 33.4 Å². The summed E-state index contributed by atoms with van der Waals surface area (Å²) >= 11 is 0. The van der Waals surface area contributed by atoms with Crippen LogP contribution in [0.5, 0.6) is 0 Å². The molecular weight excluding hydrogens is 723 g/mol. The van der Waals surface area contributed by atoms with Crippen molar-refractivity contribution in [1.82, 2.24) is 0 Å². The molecule has 0 radical (unpaired) electrons. The third kappa shape index (κ3) is 18.4. The van der Waals surface area contributed by atoms with Crippen LogP contribution in [0.2, 0.25) is 0 Å². The molecule has 0 unspecified atom stereocenters. The van der Waals surface area contributed by atoms with Gasteiger partial charge in [-0.1, -0.05) is 111 Å². The highest BCUT2D eigenvalue weighted by Crippen LogP contribution is 2.41. The summed E-state index contributed by atoms with van der Waals surface area (Å²) in [6.45, 7) is 24.6. The van der Waals surface area contributed by atoms with Crippen LogP contribution in [0, 0.1) is 10.8 Å². The number of allylic oxidation sites excluding steroid dienone is 16. The Labute approximate surface area is 351 Å². The van der Waals surface area contributed by atoms with Gasteiger partial charge in [0.15, 0.2) is 12.7 Å². The molecule has 0 spiro atoms. The van der Waals surface area contributed by atoms with E-state index in [2.05, 4.69) is 152 Å². The summed E-state index contributed by atoms with van der Waals surface area (Å²) in [7, 11) is 0. The minimum atomic E-state index is -0.865. The molecule has 1 aromatic heterocycles. The maximum Gasteiger partial charge on any atom is 0.305 e. The lowest BCUT2D eigenvalue weighted by atomic mass is 9.72. The van der Waals surface area contributed by atoms with E-state index in [9.17, 15) is 4.79 Å². The smallest absolute Gasteiger partial charge is 0.305 e. The number of carbonyl (C=O) groups is 1. The predicted octanol–water partition coefficient (Wildman–Crippen LogP) is 11.5. The van der Waals surface area contributed by atoms with Crippen molar-refractivity contribution in [2.75, 3.05) is 52.9 Å². The fourth-order valence-corrected chi connectivity index (χ4v) is 7.59. The summed E-state index contributed by atoms with van der Waals surface area (Å²) in [5.74, 6) is -0.865. The highest BCUT2D eigenvalue weighted by atomic mass is 16.6. The predicted molar refractivity (Wildman–Crippen MR) is 240 cm³/mol. The standard InChI is InChI=1S/C51H73NO6/c1-40(20-22-47-43(4)17-12-26-50(47,6)7)14-10-16-42(3)38-46-39-45(19-11-15-41(2)21-23-48-44(5)18-13-27-51(48,8)9)24-28-52(46)29-31-56-33-35-58-37-36-57-34-32-55-30-25-49(53)54/h10-11,14-16,19-24,28,38-39H,12-13,17-18,25-27,29-37H2,1-9H3/p+1. The molecule has 0 saturated carbocycles. The topological polar surface area (TPSA) is 78.1 Å². The van der Waals surface area contributed by atoms with Crippen molar-refractivity contribution >= 4 is 18.1 Å². The Hall–Kier alpha value is -3.88. The molecule has 0 fully saturated rings. The average molecular weight is 797 g/mol. The van der Waals surface area contributed by atoms with Gasteiger partial charge in [0.1, 0.15) is 6.61 Å². The number of pyridine rings is 1. The Bertz CT molecular complexity index is 1760. The number of aliphatic carboxylic acids is 1. The monoisotopic (exact) mass is 797 g/mol. The molecule has 0 bridgehead atoms. The second kappa shape index (κ2) is 25.6. The summed E-state index contributed by atoms with van der Waals surface area (Å²) < 4.78 is 24.5. The number of hydrogen-bond acceptors (Lipinski definition) is 5. The van der Waals surface area contributed by atoms with Crippen LogP contribution in [0.25, 0.3) is 12.2 Å². The van der Waals surface area contributed by atoms with Crippen molar-refractivity contribution in [1.29, 1.82) is 0 Å². The molecule has 0 aromatic carbocycles. The minimum absolute atomic E-state index is 0.000288. The lowest BCUT2D eigenvalue weighted by molar-refractivity contribution is -0.700. The SMILES string of the molecule is CC(C=CC1=C(C)CCCC1(C)C)=CC=CC(C)=Cc1cc(C=CC=C(C)C=CC2=C(C)CCCC2(C)C)cc[n+]1CCOCCOCCOCCOCCC(=O)O. The van der Waals surface area contributed by atoms with Crippen molar-refractivity contribution in [2.45, 2.75) is 114 Å². The van der Waals surface area contributed by atoms with E-state index in [0.717, 1.165) is 16.8 Å². The number of nitrogens with zero attached hydrogens (tertiary/aromatic N) is 1. The first-order valence-electron chi connectivity index (χ1n) is 21.4. The summed E-state index contributed by atoms with van der Waals surface area (Å²) in [6.07, 6.45) is 34.0. The molecule has 0 saturated heterocycles. The highest BCUT2D eigenvalue weighted by molar-refractivity contribution is 5.66. The average Bonchev–Trinajstić information content (AvgIpc) is 3.14. The van der Waals surface area contributed by atoms with Gasteiger partial charge >= 0.3 is 5.97 Å². The quantitative estimate of drug-likeness (QED) is 0.0638. The van der Waals surface area contributed by atoms with Gasteiger partial charge < -0.3 is 24.1 Å². The molecule has 1 heterocycles. The maximum absolute atomic E-state index is 10.5. The fourth-order valence-electron chi connectivity index (χ4n) is 7.59. The van der Waals surface area contributed by atoms with Crippen LogP contribution in [0.4, 0.5) is 0 Å². The van der Waals surface area contributed by atoms with Gasteiger partial charge in [-0.2, -0.15) is 4.57 Å². The van der Waals surface area contributed by atoms with Crippen molar-refractivity contribution in [3.05, 3.63) is 123 Å². The Morgan fingerprint density at radius 3 is 1.71 bits per heavy atom. The number of carboxylic acid groups (broad SMARTS) is 1. The summed E-state index contributed by atoms with van der Waals surface area (Å²) in [4.78, 5) is 10.5. The Morgan fingerprint density at radius 2 is 1.19 bits per heavy atom. The van der Waals surface area contributed by atoms with Crippen molar-refractivity contribution in [2.24, 2.45) is 10.8 Å². The highest BCUT2D eigenvalue weighted by Gasteiger charge is 2.27. The first-order valence-corrected chi connectivity index (χ1v) is 21.4. The van der Waals surface area contributed by atoms with Gasteiger partial charge in [-0.15, -0.1) is 0 Å². The van der Waals surface area contributed by atoms with Crippen LogP contribution in [-0.4, -0.2) is 63.9 Å². The van der Waals surface area contributed by atoms with Gasteiger partial charge in [-0.25, -0.2) is 0 Å².